The summed E-state index contributed by atoms with van der Waals surface area (Å²) >= 11 is 0. The van der Waals surface area contributed by atoms with Crippen LogP contribution >= 0.6 is 0 Å². The number of hydrogen-bond donors (Lipinski definition) is 3. The molecule has 3 heterocycles. The number of amides is 3. The fourth-order valence-electron chi connectivity index (χ4n) is 2.07. The number of rotatable bonds is 1. The molecule has 1 atom stereocenters. The Morgan fingerprint density at radius 2 is 2.00 bits per heavy atom. The third kappa shape index (κ3) is 2.96. The molecule has 1 aliphatic rings. The van der Waals surface area contributed by atoms with Gasteiger partial charge in [-0.3, -0.25) is 15.1 Å². The topological polar surface area (TPSA) is 110 Å². The lowest BCUT2D eigenvalue weighted by molar-refractivity contribution is -0.121. The van der Waals surface area contributed by atoms with E-state index in [1.54, 1.807) is 31.6 Å². The molecule has 7 nitrogen and oxygen atoms in total. The van der Waals surface area contributed by atoms with Crippen LogP contribution in [0.1, 0.15) is 12.5 Å². The van der Waals surface area contributed by atoms with Gasteiger partial charge in [0.05, 0.1) is 0 Å². The van der Waals surface area contributed by atoms with Crippen molar-refractivity contribution in [3.63, 3.8) is 0 Å². The molecule has 3 amide bonds. The Kier molecular flexibility index (Phi) is 3.43. The molecule has 0 aliphatic carbocycles. The molecule has 2 aromatic heterocycles. The number of aromatic nitrogens is 2. The summed E-state index contributed by atoms with van der Waals surface area (Å²) in [5.74, 6) is 5.61. The molecule has 1 aliphatic heterocycles. The highest BCUT2D eigenvalue weighted by atomic mass is 16.2. The molecule has 1 saturated heterocycles. The molecule has 0 bridgehead atoms. The number of urea groups is 1. The van der Waals surface area contributed by atoms with Crippen molar-refractivity contribution in [3.8, 4) is 23.0 Å². The summed E-state index contributed by atoms with van der Waals surface area (Å²) < 4.78 is 0. The zero-order valence-corrected chi connectivity index (χ0v) is 12.3. The normalized spacial score (nSPS) is 19.5. The van der Waals surface area contributed by atoms with Crippen molar-refractivity contribution in [2.45, 2.75) is 12.5 Å². The highest BCUT2D eigenvalue weighted by Crippen LogP contribution is 2.19. The molecule has 0 spiro atoms. The van der Waals surface area contributed by atoms with Gasteiger partial charge in [-0.1, -0.05) is 11.8 Å². The first-order chi connectivity index (χ1) is 11.0. The zero-order valence-electron chi connectivity index (χ0n) is 12.3. The van der Waals surface area contributed by atoms with E-state index in [0.717, 1.165) is 11.1 Å². The van der Waals surface area contributed by atoms with E-state index < -0.39 is 17.5 Å². The van der Waals surface area contributed by atoms with Gasteiger partial charge in [0.15, 0.2) is 5.54 Å². The standard InChI is InChI=1S/C16H13N5O2/c1-16(14(22)20-15(23)21-16)5-4-10-6-12(8-18-7-10)11-2-3-13(17)19-9-11/h2-3,6-9H,1H3,(H2,17,19)(H2,20,21,22,23). The van der Waals surface area contributed by atoms with Crippen LogP contribution in [0.4, 0.5) is 10.6 Å². The van der Waals surface area contributed by atoms with E-state index in [9.17, 15) is 9.59 Å². The summed E-state index contributed by atoms with van der Waals surface area (Å²) in [4.78, 5) is 31.1. The van der Waals surface area contributed by atoms with Crippen LogP contribution in [-0.2, 0) is 4.79 Å². The third-order valence-electron chi connectivity index (χ3n) is 3.36. The minimum Gasteiger partial charge on any atom is -0.384 e. The molecule has 4 N–H and O–H groups in total. The van der Waals surface area contributed by atoms with Gasteiger partial charge in [-0.2, -0.15) is 0 Å². The SMILES string of the molecule is CC1(C#Cc2cncc(-c3ccc(N)nc3)c2)NC(=O)NC1=O. The summed E-state index contributed by atoms with van der Waals surface area (Å²) in [7, 11) is 0. The second kappa shape index (κ2) is 5.42. The van der Waals surface area contributed by atoms with Crippen LogP contribution in [0.3, 0.4) is 0 Å². The van der Waals surface area contributed by atoms with Gasteiger partial charge in [-0.15, -0.1) is 0 Å². The van der Waals surface area contributed by atoms with Gasteiger partial charge >= 0.3 is 6.03 Å². The maximum Gasteiger partial charge on any atom is 0.323 e. The fourth-order valence-corrected chi connectivity index (χ4v) is 2.07. The summed E-state index contributed by atoms with van der Waals surface area (Å²) in [6.45, 7) is 1.54. The largest absolute Gasteiger partial charge is 0.384 e. The van der Waals surface area contributed by atoms with E-state index in [1.807, 2.05) is 12.1 Å². The van der Waals surface area contributed by atoms with Gasteiger partial charge in [0.1, 0.15) is 5.82 Å². The molecule has 0 radical (unpaired) electrons. The number of carbonyl (C=O) groups is 2. The molecule has 1 unspecified atom stereocenters. The van der Waals surface area contributed by atoms with Gasteiger partial charge in [0.2, 0.25) is 0 Å². The predicted octanol–water partition coefficient (Wildman–Crippen LogP) is 0.675. The molecule has 114 valence electrons. The first kappa shape index (κ1) is 14.5. The quantitative estimate of drug-likeness (QED) is 0.530. The molecule has 23 heavy (non-hydrogen) atoms. The molecule has 1 fully saturated rings. The number of nitrogen functional groups attached to an aromatic ring is 1. The highest BCUT2D eigenvalue weighted by Gasteiger charge is 2.40. The summed E-state index contributed by atoms with van der Waals surface area (Å²) in [6, 6.07) is 4.81. The summed E-state index contributed by atoms with van der Waals surface area (Å²) in [6.07, 6.45) is 4.92. The Hall–Kier alpha value is -3.40. The molecular weight excluding hydrogens is 294 g/mol. The third-order valence-corrected chi connectivity index (χ3v) is 3.36. The van der Waals surface area contributed by atoms with E-state index in [1.165, 1.54) is 0 Å². The van der Waals surface area contributed by atoms with Gasteiger partial charge in [0.25, 0.3) is 5.91 Å². The first-order valence-electron chi connectivity index (χ1n) is 6.80. The van der Waals surface area contributed by atoms with Crippen molar-refractivity contribution in [1.29, 1.82) is 0 Å². The number of pyridine rings is 2. The van der Waals surface area contributed by atoms with E-state index in [4.69, 9.17) is 5.73 Å². The van der Waals surface area contributed by atoms with Crippen LogP contribution in [-0.4, -0.2) is 27.4 Å². The Balaban J connectivity index is 1.90. The molecule has 7 heteroatoms. The number of hydrogen-bond acceptors (Lipinski definition) is 5. The van der Waals surface area contributed by atoms with Crippen molar-refractivity contribution in [2.75, 3.05) is 5.73 Å². The van der Waals surface area contributed by atoms with Gasteiger partial charge in [-0.05, 0) is 25.1 Å². The maximum absolute atomic E-state index is 11.7. The van der Waals surface area contributed by atoms with Crippen LogP contribution in [0.2, 0.25) is 0 Å². The van der Waals surface area contributed by atoms with Crippen LogP contribution < -0.4 is 16.4 Å². The molecule has 0 aromatic carbocycles. The van der Waals surface area contributed by atoms with Crippen LogP contribution in [0.5, 0.6) is 0 Å². The van der Waals surface area contributed by atoms with Crippen LogP contribution in [0, 0.1) is 11.8 Å². The second-order valence-corrected chi connectivity index (χ2v) is 5.22. The lowest BCUT2D eigenvalue weighted by Gasteiger charge is -2.11. The van der Waals surface area contributed by atoms with Gasteiger partial charge in [0, 0.05) is 35.3 Å². The lowest BCUT2D eigenvalue weighted by Crippen LogP contribution is -2.42. The van der Waals surface area contributed by atoms with E-state index in [2.05, 4.69) is 32.4 Å². The Bertz CT molecular complexity index is 851. The molecule has 2 aromatic rings. The van der Waals surface area contributed by atoms with E-state index >= 15 is 0 Å². The van der Waals surface area contributed by atoms with Crippen molar-refractivity contribution >= 4 is 17.8 Å². The first-order valence-corrected chi connectivity index (χ1v) is 6.80. The van der Waals surface area contributed by atoms with Gasteiger partial charge in [-0.25, -0.2) is 9.78 Å². The molecular formula is C16H13N5O2. The lowest BCUT2D eigenvalue weighted by atomic mass is 10.0. The van der Waals surface area contributed by atoms with E-state index in [0.29, 0.717) is 11.4 Å². The van der Waals surface area contributed by atoms with Crippen molar-refractivity contribution in [1.82, 2.24) is 20.6 Å². The number of carbonyl (C=O) groups excluding carboxylic acids is 2. The Morgan fingerprint density at radius 3 is 2.65 bits per heavy atom. The minimum atomic E-state index is -1.24. The average Bonchev–Trinajstić information content (AvgIpc) is 2.79. The number of anilines is 1. The smallest absolute Gasteiger partial charge is 0.323 e. The van der Waals surface area contributed by atoms with Crippen molar-refractivity contribution in [2.24, 2.45) is 0 Å². The molecule has 3 rings (SSSR count). The van der Waals surface area contributed by atoms with Crippen LogP contribution in [0.25, 0.3) is 11.1 Å². The second-order valence-electron chi connectivity index (χ2n) is 5.22. The predicted molar refractivity (Wildman–Crippen MR) is 83.8 cm³/mol. The monoisotopic (exact) mass is 307 g/mol. The fraction of sp³-hybridized carbons (Fsp3) is 0.125. The minimum absolute atomic E-state index is 0.438. The van der Waals surface area contributed by atoms with E-state index in [-0.39, 0.29) is 0 Å². The van der Waals surface area contributed by atoms with Crippen molar-refractivity contribution in [3.05, 3.63) is 42.4 Å². The van der Waals surface area contributed by atoms with Crippen molar-refractivity contribution < 1.29 is 9.59 Å². The Labute approximate surface area is 132 Å². The number of nitrogens with one attached hydrogen (secondary N) is 2. The van der Waals surface area contributed by atoms with Crippen LogP contribution in [0.15, 0.2) is 36.8 Å². The summed E-state index contributed by atoms with van der Waals surface area (Å²) in [5.41, 5.74) is 6.63. The number of imide groups is 1. The maximum atomic E-state index is 11.7. The zero-order chi connectivity index (χ0) is 16.4. The summed E-state index contributed by atoms with van der Waals surface area (Å²) in [5, 5.41) is 4.64. The van der Waals surface area contributed by atoms with Gasteiger partial charge < -0.3 is 11.1 Å². The Morgan fingerprint density at radius 1 is 1.17 bits per heavy atom. The average molecular weight is 307 g/mol. The highest BCUT2D eigenvalue weighted by molar-refractivity contribution is 6.08. The molecule has 0 saturated carbocycles. The number of nitrogens with zero attached hydrogens (tertiary/aromatic N) is 2. The number of nitrogens with two attached hydrogens (primary N) is 1.